The number of amides is 1. The highest BCUT2D eigenvalue weighted by Crippen LogP contribution is 2.41. The Hall–Kier alpha value is -2.60. The summed E-state index contributed by atoms with van der Waals surface area (Å²) >= 11 is 0. The molecule has 0 saturated heterocycles. The minimum Gasteiger partial charge on any atom is -0.493 e. The van der Waals surface area contributed by atoms with Gasteiger partial charge in [0.1, 0.15) is 0 Å². The second-order valence-electron chi connectivity index (χ2n) is 7.02. The monoisotopic (exact) mass is 397 g/mol. The molecule has 0 unspecified atom stereocenters. The second-order valence-corrected chi connectivity index (χ2v) is 7.02. The zero-order valence-corrected chi connectivity index (χ0v) is 17.6. The summed E-state index contributed by atoms with van der Waals surface area (Å²) in [6, 6.07) is 3.54. The van der Waals surface area contributed by atoms with E-state index >= 15 is 0 Å². The minimum atomic E-state index is -0.0305. The van der Waals surface area contributed by atoms with E-state index in [2.05, 4.69) is 17.1 Å². The number of hydrogen-bond acceptors (Lipinski definition) is 5. The summed E-state index contributed by atoms with van der Waals surface area (Å²) in [7, 11) is 1.59. The van der Waals surface area contributed by atoms with Crippen LogP contribution in [0.25, 0.3) is 0 Å². The van der Waals surface area contributed by atoms with Crippen LogP contribution in [0.15, 0.2) is 40.5 Å². The van der Waals surface area contributed by atoms with Crippen molar-refractivity contribution >= 4 is 17.8 Å². The molecule has 29 heavy (non-hydrogen) atoms. The quantitative estimate of drug-likeness (QED) is 0.723. The number of carbonyl (C=O) groups excluding carboxylic acids is 1. The largest absolute Gasteiger partial charge is 0.493 e. The standard InChI is InChI=1S/C21H25N3O3.C2H6/c1-26-19-11-16-17(12-20(19)27-9-5-4-8-22)23-13-15-10-14-6-2-3-7-18(14)24(15)21(16)25;1-2/h3,7,11-13,15H,2,4-6,8-10,22H2,1H3;1-2H3/t15-;/m0./s1. The Labute approximate surface area is 173 Å². The third kappa shape index (κ3) is 4.22. The molecule has 3 aliphatic rings. The molecule has 6 heteroatoms. The number of methoxy groups -OCH3 is 1. The number of carbonyl (C=O) groups is 1. The highest BCUT2D eigenvalue weighted by atomic mass is 16.5. The molecule has 1 aromatic rings. The van der Waals surface area contributed by atoms with E-state index in [-0.39, 0.29) is 11.9 Å². The fourth-order valence-electron chi connectivity index (χ4n) is 3.88. The Morgan fingerprint density at radius 3 is 2.83 bits per heavy atom. The first-order chi connectivity index (χ1) is 14.2. The Kier molecular flexibility index (Phi) is 7.09. The summed E-state index contributed by atoms with van der Waals surface area (Å²) < 4.78 is 11.3. The van der Waals surface area contributed by atoms with Crippen LogP contribution in [-0.4, -0.2) is 43.3 Å². The van der Waals surface area contributed by atoms with Crippen molar-refractivity contribution in [3.63, 3.8) is 0 Å². The molecular weight excluding hydrogens is 366 g/mol. The third-order valence-electron chi connectivity index (χ3n) is 5.27. The van der Waals surface area contributed by atoms with Gasteiger partial charge in [-0.15, -0.1) is 0 Å². The van der Waals surface area contributed by atoms with Crippen molar-refractivity contribution < 1.29 is 14.3 Å². The van der Waals surface area contributed by atoms with Crippen LogP contribution in [0.1, 0.15) is 56.3 Å². The zero-order valence-electron chi connectivity index (χ0n) is 17.6. The van der Waals surface area contributed by atoms with Crippen LogP contribution in [-0.2, 0) is 0 Å². The van der Waals surface area contributed by atoms with Crippen molar-refractivity contribution in [1.82, 2.24) is 4.90 Å². The number of allylic oxidation sites excluding steroid dienone is 2. The number of benzene rings is 1. The molecule has 1 aliphatic carbocycles. The summed E-state index contributed by atoms with van der Waals surface area (Å²) in [5.41, 5.74) is 9.09. The van der Waals surface area contributed by atoms with Crippen LogP contribution in [0.5, 0.6) is 11.5 Å². The number of nitrogens with two attached hydrogens (primary N) is 1. The normalized spacial score (nSPS) is 19.1. The predicted molar refractivity (Wildman–Crippen MR) is 116 cm³/mol. The summed E-state index contributed by atoms with van der Waals surface area (Å²) in [6.07, 6.45) is 10.8. The molecule has 1 aromatic carbocycles. The van der Waals surface area contributed by atoms with E-state index in [0.29, 0.717) is 35.9 Å². The average molecular weight is 398 g/mol. The third-order valence-corrected chi connectivity index (χ3v) is 5.27. The first kappa shape index (κ1) is 21.1. The first-order valence-corrected chi connectivity index (χ1v) is 10.5. The number of hydrogen-bond donors (Lipinski definition) is 1. The van der Waals surface area contributed by atoms with E-state index in [4.69, 9.17) is 15.2 Å². The van der Waals surface area contributed by atoms with Gasteiger partial charge >= 0.3 is 0 Å². The molecule has 6 nitrogen and oxygen atoms in total. The number of ether oxygens (including phenoxy) is 2. The van der Waals surface area contributed by atoms with Crippen molar-refractivity contribution in [3.05, 3.63) is 41.1 Å². The molecule has 1 atom stereocenters. The summed E-state index contributed by atoms with van der Waals surface area (Å²) in [6.45, 7) is 5.20. The zero-order chi connectivity index (χ0) is 20.8. The minimum absolute atomic E-state index is 0.0161. The van der Waals surface area contributed by atoms with Gasteiger partial charge < -0.3 is 15.2 Å². The van der Waals surface area contributed by atoms with Crippen LogP contribution in [0.2, 0.25) is 0 Å². The Bertz CT molecular complexity index is 842. The highest BCUT2D eigenvalue weighted by Gasteiger charge is 2.37. The van der Waals surface area contributed by atoms with E-state index in [1.807, 2.05) is 25.0 Å². The van der Waals surface area contributed by atoms with Gasteiger partial charge in [-0.3, -0.25) is 14.7 Å². The number of unbranched alkanes of at least 4 members (excludes halogenated alkanes) is 1. The van der Waals surface area contributed by atoms with E-state index in [9.17, 15) is 4.79 Å². The molecule has 0 saturated carbocycles. The lowest BCUT2D eigenvalue weighted by atomic mass is 10.0. The van der Waals surface area contributed by atoms with Gasteiger partial charge in [-0.25, -0.2) is 0 Å². The summed E-state index contributed by atoms with van der Waals surface area (Å²) in [5, 5.41) is 0. The predicted octanol–water partition coefficient (Wildman–Crippen LogP) is 4.37. The van der Waals surface area contributed by atoms with Crippen molar-refractivity contribution in [1.29, 1.82) is 0 Å². The molecule has 2 aliphatic heterocycles. The maximum Gasteiger partial charge on any atom is 0.261 e. The number of fused-ring (bicyclic) bond motifs is 3. The maximum absolute atomic E-state index is 13.3. The lowest BCUT2D eigenvalue weighted by molar-refractivity contribution is 0.0806. The Morgan fingerprint density at radius 2 is 2.07 bits per heavy atom. The van der Waals surface area contributed by atoms with Gasteiger partial charge in [0.05, 0.1) is 31.0 Å². The molecule has 2 N–H and O–H groups in total. The smallest absolute Gasteiger partial charge is 0.261 e. The van der Waals surface area contributed by atoms with Crippen LogP contribution in [0.3, 0.4) is 0 Å². The molecule has 0 bridgehead atoms. The van der Waals surface area contributed by atoms with Gasteiger partial charge in [0.2, 0.25) is 0 Å². The molecule has 156 valence electrons. The lowest BCUT2D eigenvalue weighted by Gasteiger charge is -2.24. The van der Waals surface area contributed by atoms with Gasteiger partial charge in [-0.2, -0.15) is 0 Å². The second kappa shape index (κ2) is 9.74. The van der Waals surface area contributed by atoms with Gasteiger partial charge in [0.15, 0.2) is 11.5 Å². The van der Waals surface area contributed by atoms with E-state index in [0.717, 1.165) is 37.8 Å². The van der Waals surface area contributed by atoms with Crippen molar-refractivity contribution in [2.45, 2.75) is 52.0 Å². The maximum atomic E-state index is 13.3. The fourth-order valence-corrected chi connectivity index (χ4v) is 3.88. The van der Waals surface area contributed by atoms with Crippen LogP contribution < -0.4 is 15.2 Å². The SMILES string of the molecule is CC.COc1cc2c(cc1OCCCCN)N=C[C@@H]1CC3=C(C=CCC3)N1C2=O. The molecule has 0 aromatic heterocycles. The molecular formula is C23H31N3O3. The number of aliphatic imine (C=N–C) groups is 1. The lowest BCUT2D eigenvalue weighted by Crippen LogP contribution is -2.35. The van der Waals surface area contributed by atoms with Gasteiger partial charge in [0.25, 0.3) is 5.91 Å². The molecule has 0 spiro atoms. The van der Waals surface area contributed by atoms with Gasteiger partial charge in [-0.1, -0.05) is 19.9 Å². The van der Waals surface area contributed by atoms with Gasteiger partial charge in [-0.05, 0) is 56.4 Å². The number of rotatable bonds is 6. The Morgan fingerprint density at radius 1 is 1.24 bits per heavy atom. The molecule has 1 amide bonds. The average Bonchev–Trinajstić information content (AvgIpc) is 3.08. The van der Waals surface area contributed by atoms with E-state index in [1.165, 1.54) is 5.57 Å². The van der Waals surface area contributed by atoms with E-state index in [1.54, 1.807) is 19.2 Å². The van der Waals surface area contributed by atoms with Crippen LogP contribution in [0, 0.1) is 0 Å². The highest BCUT2D eigenvalue weighted by molar-refractivity contribution is 6.05. The summed E-state index contributed by atoms with van der Waals surface area (Å²) in [4.78, 5) is 19.8. The van der Waals surface area contributed by atoms with Crippen molar-refractivity contribution in [3.8, 4) is 11.5 Å². The molecule has 0 radical (unpaired) electrons. The topological polar surface area (TPSA) is 77.2 Å². The van der Waals surface area contributed by atoms with E-state index < -0.39 is 0 Å². The van der Waals surface area contributed by atoms with Crippen molar-refractivity contribution in [2.24, 2.45) is 10.7 Å². The molecule has 4 rings (SSSR count). The number of nitrogens with zero attached hydrogens (tertiary/aromatic N) is 2. The molecule has 2 heterocycles. The van der Waals surface area contributed by atoms with Crippen LogP contribution >= 0.6 is 0 Å². The van der Waals surface area contributed by atoms with Gasteiger partial charge in [0, 0.05) is 18.0 Å². The van der Waals surface area contributed by atoms with Crippen LogP contribution in [0.4, 0.5) is 5.69 Å². The fraction of sp³-hybridized carbons (Fsp3) is 0.478. The van der Waals surface area contributed by atoms with Crippen molar-refractivity contribution in [2.75, 3.05) is 20.3 Å². The molecule has 0 fully saturated rings. The first-order valence-electron chi connectivity index (χ1n) is 10.5. The summed E-state index contributed by atoms with van der Waals surface area (Å²) in [5.74, 6) is 1.13. The Balaban J connectivity index is 0.00000117.